The highest BCUT2D eigenvalue weighted by atomic mass is 35.5. The largest absolute Gasteiger partial charge is 0.494 e. The number of carbonyl (C=O) groups is 2. The van der Waals surface area contributed by atoms with E-state index in [1.807, 2.05) is 36.4 Å². The third-order valence-corrected chi connectivity index (χ3v) is 13.2. The second-order valence-electron chi connectivity index (χ2n) is 16.7. The fourth-order valence-corrected chi connectivity index (χ4v) is 9.57. The number of ketones is 2. The number of carbonyl (C=O) groups excluding carboxylic acids is 2. The number of fused-ring (bicyclic) bond motifs is 6. The number of methoxy groups -OCH3 is 2. The van der Waals surface area contributed by atoms with Crippen LogP contribution in [0.2, 0.25) is 0 Å². The molecule has 0 fully saturated rings. The van der Waals surface area contributed by atoms with E-state index in [1.54, 1.807) is 14.2 Å². The smallest absolute Gasteiger partial charge is 0.224 e. The highest BCUT2D eigenvalue weighted by Gasteiger charge is 2.35. The van der Waals surface area contributed by atoms with Gasteiger partial charge in [-0.1, -0.05) is 163 Å². The van der Waals surface area contributed by atoms with Gasteiger partial charge in [0.05, 0.1) is 36.6 Å². The van der Waals surface area contributed by atoms with Crippen LogP contribution in [0.15, 0.2) is 94.3 Å². The van der Waals surface area contributed by atoms with Crippen molar-refractivity contribution >= 4 is 89.8 Å². The molecule has 0 unspecified atom stereocenters. The molecule has 1 aliphatic carbocycles. The van der Waals surface area contributed by atoms with Gasteiger partial charge in [-0.3, -0.25) is 9.59 Å². The number of halogens is 2. The Morgan fingerprint density at radius 1 is 0.468 bits per heavy atom. The van der Waals surface area contributed by atoms with Crippen molar-refractivity contribution < 1.29 is 19.1 Å². The Morgan fingerprint density at radius 3 is 1.19 bits per heavy atom. The van der Waals surface area contributed by atoms with Gasteiger partial charge in [0.1, 0.15) is 33.0 Å². The normalized spacial score (nSPS) is 13.5. The number of aryl methyl sites for hydroxylation is 2. The number of rotatable bonds is 24. The summed E-state index contributed by atoms with van der Waals surface area (Å²) < 4.78 is 16.5. The van der Waals surface area contributed by atoms with Crippen LogP contribution in [0, 0.1) is 0 Å². The molecule has 6 aromatic rings. The van der Waals surface area contributed by atoms with Crippen LogP contribution < -0.4 is 20.1 Å². The second-order valence-corrected chi connectivity index (χ2v) is 17.5. The van der Waals surface area contributed by atoms with Gasteiger partial charge in [-0.05, 0) is 37.1 Å². The average Bonchev–Trinajstić information content (AvgIpc) is 3.77. The van der Waals surface area contributed by atoms with Gasteiger partial charge in [-0.25, -0.2) is 0 Å². The van der Waals surface area contributed by atoms with Crippen LogP contribution in [0.1, 0.15) is 117 Å². The van der Waals surface area contributed by atoms with Crippen LogP contribution >= 0.6 is 23.2 Å². The highest BCUT2D eigenvalue weighted by molar-refractivity contribution is 6.56. The number of unbranched alkanes of at least 4 members (excludes halogenated alkanes) is 14. The van der Waals surface area contributed by atoms with Crippen molar-refractivity contribution in [2.45, 2.75) is 130 Å². The lowest BCUT2D eigenvalue weighted by molar-refractivity contribution is -0.115. The van der Waals surface area contributed by atoms with E-state index >= 15 is 0 Å². The molecule has 62 heavy (non-hydrogen) atoms. The summed E-state index contributed by atoms with van der Waals surface area (Å²) in [5.74, 6) is -0.197. The lowest BCUT2D eigenvalue weighted by atomic mass is 10.0. The molecule has 2 heterocycles. The van der Waals surface area contributed by atoms with Crippen molar-refractivity contribution in [1.82, 2.24) is 9.13 Å². The van der Waals surface area contributed by atoms with Gasteiger partial charge in [0, 0.05) is 57.8 Å². The van der Waals surface area contributed by atoms with E-state index in [1.165, 1.54) is 89.9 Å². The zero-order chi connectivity index (χ0) is 43.6. The molecule has 0 atom stereocenters. The van der Waals surface area contributed by atoms with Crippen molar-refractivity contribution in [3.05, 3.63) is 94.3 Å². The van der Waals surface area contributed by atoms with Gasteiger partial charge in [0.25, 0.3) is 0 Å². The van der Waals surface area contributed by atoms with E-state index in [9.17, 15) is 9.59 Å². The fraction of sp³-hybridized carbons (Fsp3) is 0.423. The summed E-state index contributed by atoms with van der Waals surface area (Å²) in [6.45, 7) is 6.27. The molecule has 328 valence electrons. The molecule has 0 bridgehead atoms. The quantitative estimate of drug-likeness (QED) is 0.0465. The number of allylic oxidation sites excluding steroid dienone is 2. The summed E-state index contributed by atoms with van der Waals surface area (Å²) in [4.78, 5) is 28.2. The molecule has 0 saturated heterocycles. The molecule has 2 aromatic heterocycles. The van der Waals surface area contributed by atoms with Crippen LogP contribution in [-0.2, 0) is 22.7 Å². The Hall–Kier alpha value is -4.92. The number of Topliss-reactive ketones (excluding diaryl/α,β-unsaturated/α-hetero) is 2. The Labute approximate surface area is 376 Å². The molecule has 0 amide bonds. The van der Waals surface area contributed by atoms with E-state index in [-0.39, 0.29) is 21.5 Å². The van der Waals surface area contributed by atoms with Gasteiger partial charge in [0.2, 0.25) is 11.6 Å². The minimum absolute atomic E-state index is 0.112. The molecular formula is C52H62Cl2N4O4. The number of nitrogens with one attached hydrogen (secondary N) is 2. The van der Waals surface area contributed by atoms with Crippen molar-refractivity contribution in [3.63, 3.8) is 0 Å². The van der Waals surface area contributed by atoms with Gasteiger partial charge in [0.15, 0.2) is 0 Å². The molecule has 0 radical (unpaired) electrons. The minimum Gasteiger partial charge on any atom is -0.494 e. The fourth-order valence-electron chi connectivity index (χ4n) is 9.11. The van der Waals surface area contributed by atoms with Crippen LogP contribution in [-0.4, -0.2) is 34.9 Å². The lowest BCUT2D eigenvalue weighted by Crippen LogP contribution is -2.27. The Balaban J connectivity index is 1.12. The average molecular weight is 878 g/mol. The van der Waals surface area contributed by atoms with Crippen molar-refractivity contribution in [3.8, 4) is 11.5 Å². The van der Waals surface area contributed by atoms with E-state index < -0.39 is 11.6 Å². The molecule has 0 spiro atoms. The summed E-state index contributed by atoms with van der Waals surface area (Å²) in [7, 11) is 3.18. The summed E-state index contributed by atoms with van der Waals surface area (Å²) >= 11 is 13.6. The maximum Gasteiger partial charge on any atom is 0.224 e. The number of ether oxygens (including phenoxy) is 2. The Bertz CT molecular complexity index is 2440. The lowest BCUT2D eigenvalue weighted by Gasteiger charge is -2.22. The monoisotopic (exact) mass is 876 g/mol. The second kappa shape index (κ2) is 21.4. The molecule has 10 heteroatoms. The first kappa shape index (κ1) is 45.1. The van der Waals surface area contributed by atoms with Crippen molar-refractivity contribution in [1.29, 1.82) is 0 Å². The predicted molar refractivity (Wildman–Crippen MR) is 260 cm³/mol. The number of anilines is 2. The van der Waals surface area contributed by atoms with E-state index in [2.05, 4.69) is 70.0 Å². The molecule has 2 N–H and O–H groups in total. The standard InChI is InChI=1S/C52H62Cl2N4O4/c1-5-7-9-11-13-15-17-23-29-57-41-27-21-19-25-35(41)37-31-39(45(61-3)33-43(37)57)55-49-47(53)52(60)50(48(54)51(49)59)56-40-32-38-36-26-20-22-28-42(36)58(44(38)34-46(40)62-4)30-24-18-16-14-12-10-8-6-2/h19-22,25-28,31-34,55-56H,5-18,23-24,29-30H2,1-4H3. The topological polar surface area (TPSA) is 86.5 Å². The number of para-hydroxylation sites is 2. The zero-order valence-electron chi connectivity index (χ0n) is 36.9. The Kier molecular flexibility index (Phi) is 15.6. The zero-order valence-corrected chi connectivity index (χ0v) is 38.5. The van der Waals surface area contributed by atoms with E-state index in [0.29, 0.717) is 22.9 Å². The predicted octanol–water partition coefficient (Wildman–Crippen LogP) is 14.8. The third kappa shape index (κ3) is 9.67. The molecule has 4 aromatic carbocycles. The molecule has 0 aliphatic heterocycles. The highest BCUT2D eigenvalue weighted by Crippen LogP contribution is 2.41. The number of hydrogen-bond acceptors (Lipinski definition) is 6. The molecule has 1 aliphatic rings. The van der Waals surface area contributed by atoms with E-state index in [4.69, 9.17) is 32.7 Å². The van der Waals surface area contributed by atoms with Gasteiger partial charge in [-0.2, -0.15) is 0 Å². The molecular weight excluding hydrogens is 816 g/mol. The van der Waals surface area contributed by atoms with Crippen molar-refractivity contribution in [2.24, 2.45) is 0 Å². The Morgan fingerprint density at radius 2 is 0.823 bits per heavy atom. The first-order valence-corrected chi connectivity index (χ1v) is 23.7. The molecule has 8 nitrogen and oxygen atoms in total. The van der Waals surface area contributed by atoms with Crippen molar-refractivity contribution in [2.75, 3.05) is 24.9 Å². The SMILES string of the molecule is CCCCCCCCCCn1c2ccccc2c2cc(NC3=C(Cl)C(=O)C(Nc4cc5c6ccccc6n(CCCCCCCCCC)c5cc4OC)=C(Cl)C3=O)c(OC)cc21. The van der Waals surface area contributed by atoms with Crippen LogP contribution in [0.25, 0.3) is 43.6 Å². The van der Waals surface area contributed by atoms with Crippen LogP contribution in [0.3, 0.4) is 0 Å². The maximum atomic E-state index is 14.1. The number of hydrogen-bond donors (Lipinski definition) is 2. The summed E-state index contributed by atoms with van der Waals surface area (Å²) in [6.07, 6.45) is 20.0. The summed E-state index contributed by atoms with van der Waals surface area (Å²) in [6, 6.07) is 24.6. The molecule has 0 saturated carbocycles. The first-order valence-electron chi connectivity index (χ1n) is 22.9. The third-order valence-electron chi connectivity index (χ3n) is 12.5. The van der Waals surface area contributed by atoms with Gasteiger partial charge < -0.3 is 29.2 Å². The summed E-state index contributed by atoms with van der Waals surface area (Å²) in [5, 5.41) is 9.96. The van der Waals surface area contributed by atoms with E-state index in [0.717, 1.165) is 69.5 Å². The van der Waals surface area contributed by atoms with Crippen LogP contribution in [0.5, 0.6) is 11.5 Å². The first-order chi connectivity index (χ1) is 30.3. The molecule has 7 rings (SSSR count). The summed E-state index contributed by atoms with van der Waals surface area (Å²) in [5.41, 5.74) is 5.12. The number of aromatic nitrogens is 2. The van der Waals surface area contributed by atoms with Crippen LogP contribution in [0.4, 0.5) is 11.4 Å². The van der Waals surface area contributed by atoms with Gasteiger partial charge in [-0.15, -0.1) is 0 Å². The van der Waals surface area contributed by atoms with Gasteiger partial charge >= 0.3 is 0 Å². The number of nitrogens with zero attached hydrogens (tertiary/aromatic N) is 2. The number of benzene rings is 4. The minimum atomic E-state index is -0.611. The maximum absolute atomic E-state index is 14.1.